The number of anilines is 1. The van der Waals surface area contributed by atoms with Crippen LogP contribution in [0.25, 0.3) is 16.0 Å². The molecule has 0 spiro atoms. The van der Waals surface area contributed by atoms with E-state index in [0.717, 1.165) is 5.56 Å². The normalized spacial score (nSPS) is 11.3. The van der Waals surface area contributed by atoms with Crippen molar-refractivity contribution in [2.24, 2.45) is 0 Å². The minimum Gasteiger partial charge on any atom is -0.323 e. The standard InChI is InChI=1S/C22H16FN5O2S2/c23-15-8-4-5-9-16(15)24-18(29)13-32-22-26-25-21-27(12-14-6-2-1-3-7-14)20(30)19-17(28(21)22)10-11-31-19/h1-11H,12-13H2,(H,24,29). The van der Waals surface area contributed by atoms with E-state index in [9.17, 15) is 14.0 Å². The van der Waals surface area contributed by atoms with E-state index in [0.29, 0.717) is 27.7 Å². The minimum atomic E-state index is -0.497. The zero-order valence-corrected chi connectivity index (χ0v) is 18.2. The molecular weight excluding hydrogens is 449 g/mol. The lowest BCUT2D eigenvalue weighted by Gasteiger charge is -2.09. The van der Waals surface area contributed by atoms with E-state index >= 15 is 0 Å². The number of halogens is 1. The largest absolute Gasteiger partial charge is 0.323 e. The molecule has 3 heterocycles. The average Bonchev–Trinajstić information content (AvgIpc) is 3.45. The number of thiophene rings is 1. The Morgan fingerprint density at radius 3 is 2.66 bits per heavy atom. The summed E-state index contributed by atoms with van der Waals surface area (Å²) in [6.45, 7) is 0.355. The lowest BCUT2D eigenvalue weighted by Crippen LogP contribution is -2.23. The molecule has 0 bridgehead atoms. The van der Waals surface area contributed by atoms with Gasteiger partial charge in [-0.25, -0.2) is 4.39 Å². The van der Waals surface area contributed by atoms with Gasteiger partial charge in [-0.3, -0.25) is 18.6 Å². The Bertz CT molecular complexity index is 1490. The van der Waals surface area contributed by atoms with E-state index in [1.165, 1.54) is 35.2 Å². The maximum Gasteiger partial charge on any atom is 0.273 e. The molecule has 3 aromatic heterocycles. The second kappa shape index (κ2) is 8.56. The summed E-state index contributed by atoms with van der Waals surface area (Å²) in [7, 11) is 0. The van der Waals surface area contributed by atoms with E-state index in [1.54, 1.807) is 21.1 Å². The van der Waals surface area contributed by atoms with E-state index in [-0.39, 0.29) is 22.9 Å². The number of benzene rings is 2. The van der Waals surface area contributed by atoms with Gasteiger partial charge in [-0.05, 0) is 29.1 Å². The fourth-order valence-electron chi connectivity index (χ4n) is 3.38. The van der Waals surface area contributed by atoms with Gasteiger partial charge in [0.1, 0.15) is 10.5 Å². The molecule has 10 heteroatoms. The average molecular weight is 466 g/mol. The van der Waals surface area contributed by atoms with Crippen LogP contribution < -0.4 is 10.9 Å². The van der Waals surface area contributed by atoms with Gasteiger partial charge < -0.3 is 5.32 Å². The van der Waals surface area contributed by atoms with Crippen molar-refractivity contribution in [2.75, 3.05) is 11.1 Å². The highest BCUT2D eigenvalue weighted by Crippen LogP contribution is 2.25. The number of fused-ring (bicyclic) bond motifs is 3. The summed E-state index contributed by atoms with van der Waals surface area (Å²) in [5, 5.41) is 13.4. The van der Waals surface area contributed by atoms with Crippen molar-refractivity contribution in [3.8, 4) is 0 Å². The van der Waals surface area contributed by atoms with Gasteiger partial charge in [0.15, 0.2) is 5.16 Å². The number of hydrogen-bond acceptors (Lipinski definition) is 6. The summed E-state index contributed by atoms with van der Waals surface area (Å²) in [4.78, 5) is 25.5. The van der Waals surface area contributed by atoms with Crippen LogP contribution in [0.2, 0.25) is 0 Å². The Morgan fingerprint density at radius 2 is 1.84 bits per heavy atom. The predicted octanol–water partition coefficient (Wildman–Crippen LogP) is 4.02. The molecule has 2 aromatic carbocycles. The number of carbonyl (C=O) groups is 1. The first-order chi connectivity index (χ1) is 15.6. The molecule has 1 amide bonds. The molecule has 0 aliphatic carbocycles. The van der Waals surface area contributed by atoms with Crippen molar-refractivity contribution in [1.82, 2.24) is 19.2 Å². The van der Waals surface area contributed by atoms with E-state index < -0.39 is 5.82 Å². The molecule has 160 valence electrons. The predicted molar refractivity (Wildman–Crippen MR) is 124 cm³/mol. The molecule has 0 atom stereocenters. The van der Waals surface area contributed by atoms with Crippen LogP contribution in [0.5, 0.6) is 0 Å². The van der Waals surface area contributed by atoms with Crippen molar-refractivity contribution < 1.29 is 9.18 Å². The zero-order chi connectivity index (χ0) is 22.1. The molecule has 5 aromatic rings. The lowest BCUT2D eigenvalue weighted by atomic mass is 10.2. The highest BCUT2D eigenvalue weighted by atomic mass is 32.2. The summed E-state index contributed by atoms with van der Waals surface area (Å²) in [5.74, 6) is -0.444. The molecule has 0 aliphatic rings. The molecular formula is C22H16FN5O2S2. The highest BCUT2D eigenvalue weighted by Gasteiger charge is 2.19. The van der Waals surface area contributed by atoms with Crippen LogP contribution in [0.3, 0.4) is 0 Å². The van der Waals surface area contributed by atoms with Crippen LogP contribution in [0.4, 0.5) is 10.1 Å². The second-order valence-electron chi connectivity index (χ2n) is 6.95. The lowest BCUT2D eigenvalue weighted by molar-refractivity contribution is -0.113. The molecule has 7 nitrogen and oxygen atoms in total. The topological polar surface area (TPSA) is 81.3 Å². The molecule has 0 fully saturated rings. The fourth-order valence-corrected chi connectivity index (χ4v) is 4.94. The van der Waals surface area contributed by atoms with Gasteiger partial charge in [-0.2, -0.15) is 0 Å². The van der Waals surface area contributed by atoms with Crippen molar-refractivity contribution in [2.45, 2.75) is 11.7 Å². The first-order valence-electron chi connectivity index (χ1n) is 9.68. The fraction of sp³-hybridized carbons (Fsp3) is 0.0909. The first kappa shape index (κ1) is 20.4. The summed E-state index contributed by atoms with van der Waals surface area (Å²) in [6.07, 6.45) is 0. The summed E-state index contributed by atoms with van der Waals surface area (Å²) >= 11 is 2.53. The molecule has 0 aliphatic heterocycles. The smallest absolute Gasteiger partial charge is 0.273 e. The number of carbonyl (C=O) groups excluding carboxylic acids is 1. The molecule has 0 radical (unpaired) electrons. The van der Waals surface area contributed by atoms with Gasteiger partial charge >= 0.3 is 0 Å². The molecule has 32 heavy (non-hydrogen) atoms. The number of para-hydroxylation sites is 1. The van der Waals surface area contributed by atoms with Crippen LogP contribution in [0.15, 0.2) is 76.0 Å². The summed E-state index contributed by atoms with van der Waals surface area (Å²) < 4.78 is 17.8. The number of aromatic nitrogens is 4. The van der Waals surface area contributed by atoms with Gasteiger partial charge in [0.25, 0.3) is 5.56 Å². The van der Waals surface area contributed by atoms with Gasteiger partial charge in [0.2, 0.25) is 11.7 Å². The first-order valence-corrected chi connectivity index (χ1v) is 11.5. The Balaban J connectivity index is 1.48. The summed E-state index contributed by atoms with van der Waals surface area (Å²) in [5.41, 5.74) is 1.66. The number of rotatable bonds is 6. The number of nitrogens with one attached hydrogen (secondary N) is 1. The number of thioether (sulfide) groups is 1. The third kappa shape index (κ3) is 3.78. The molecule has 0 unspecified atom stereocenters. The number of amides is 1. The van der Waals surface area contributed by atoms with Gasteiger partial charge in [0.05, 0.1) is 23.5 Å². The Labute approximate surface area is 189 Å². The molecule has 0 saturated heterocycles. The van der Waals surface area contributed by atoms with Crippen molar-refractivity contribution in [1.29, 1.82) is 0 Å². The van der Waals surface area contributed by atoms with Crippen LogP contribution in [-0.4, -0.2) is 30.8 Å². The Kier molecular flexibility index (Phi) is 5.46. The Morgan fingerprint density at radius 1 is 1.06 bits per heavy atom. The van der Waals surface area contributed by atoms with Gasteiger partial charge in [-0.1, -0.05) is 54.2 Å². The zero-order valence-electron chi connectivity index (χ0n) is 16.6. The van der Waals surface area contributed by atoms with E-state index in [2.05, 4.69) is 15.5 Å². The van der Waals surface area contributed by atoms with Crippen molar-refractivity contribution >= 4 is 50.7 Å². The highest BCUT2D eigenvalue weighted by molar-refractivity contribution is 7.99. The third-order valence-corrected chi connectivity index (χ3v) is 6.67. The van der Waals surface area contributed by atoms with Crippen LogP contribution >= 0.6 is 23.1 Å². The maximum absolute atomic E-state index is 13.8. The monoisotopic (exact) mass is 465 g/mol. The quantitative estimate of drug-likeness (QED) is 0.383. The maximum atomic E-state index is 13.8. The number of hydrogen-bond donors (Lipinski definition) is 1. The van der Waals surface area contributed by atoms with E-state index in [4.69, 9.17) is 0 Å². The Hall–Kier alpha value is -3.50. The van der Waals surface area contributed by atoms with Crippen molar-refractivity contribution in [3.63, 3.8) is 0 Å². The van der Waals surface area contributed by atoms with Crippen LogP contribution in [0, 0.1) is 5.82 Å². The minimum absolute atomic E-state index is 0.0125. The van der Waals surface area contributed by atoms with Crippen molar-refractivity contribution in [3.05, 3.63) is 87.8 Å². The van der Waals surface area contributed by atoms with Gasteiger partial charge in [-0.15, -0.1) is 21.5 Å². The van der Waals surface area contributed by atoms with Gasteiger partial charge in [0, 0.05) is 0 Å². The molecule has 0 saturated carbocycles. The van der Waals surface area contributed by atoms with Crippen LogP contribution in [0.1, 0.15) is 5.56 Å². The SMILES string of the molecule is O=C(CSc1nnc2n(Cc3ccccc3)c(=O)c3sccc3n12)Nc1ccccc1F. The van der Waals surface area contributed by atoms with Crippen LogP contribution in [-0.2, 0) is 11.3 Å². The summed E-state index contributed by atoms with van der Waals surface area (Å²) in [6, 6.07) is 17.5. The third-order valence-electron chi connectivity index (χ3n) is 4.85. The molecule has 1 N–H and O–H groups in total. The number of nitrogens with zero attached hydrogens (tertiary/aromatic N) is 4. The van der Waals surface area contributed by atoms with E-state index in [1.807, 2.05) is 41.8 Å². The second-order valence-corrected chi connectivity index (χ2v) is 8.81. The molecule has 5 rings (SSSR count).